The third kappa shape index (κ3) is 5.16. The summed E-state index contributed by atoms with van der Waals surface area (Å²) in [6.07, 6.45) is 3.18. The molecule has 0 amide bonds. The maximum Gasteiger partial charge on any atom is 0.304 e. The molecule has 0 fully saturated rings. The zero-order valence-corrected chi connectivity index (χ0v) is 10.1. The first-order valence-electron chi connectivity index (χ1n) is 5.33. The Morgan fingerprint density at radius 3 is 3.06 bits per heavy atom. The molecule has 6 heteroatoms. The van der Waals surface area contributed by atoms with Crippen LogP contribution >= 0.6 is 11.8 Å². The van der Waals surface area contributed by atoms with Gasteiger partial charge in [-0.25, -0.2) is 0 Å². The number of aromatic nitrogens is 2. The fourth-order valence-electron chi connectivity index (χ4n) is 1.10. The lowest BCUT2D eigenvalue weighted by Gasteiger charge is -1.93. The second-order valence-corrected chi connectivity index (χ2v) is 4.51. The molecule has 0 saturated heterocycles. The average Bonchev–Trinajstić information content (AvgIpc) is 2.69. The Labute approximate surface area is 98.6 Å². The topological polar surface area (TPSA) is 76.2 Å². The smallest absolute Gasteiger partial charge is 0.304 e. The highest BCUT2D eigenvalue weighted by Crippen LogP contribution is 2.12. The Balaban J connectivity index is 2.21. The number of unbranched alkanes of at least 4 members (excludes halogenated alkanes) is 1. The van der Waals surface area contributed by atoms with E-state index < -0.39 is 5.97 Å². The Kier molecular flexibility index (Phi) is 5.92. The maximum atomic E-state index is 10.3. The van der Waals surface area contributed by atoms with Crippen molar-refractivity contribution in [3.8, 4) is 0 Å². The van der Waals surface area contributed by atoms with E-state index in [1.165, 1.54) is 11.8 Å². The molecule has 0 spiro atoms. The molecule has 0 saturated carbocycles. The summed E-state index contributed by atoms with van der Waals surface area (Å²) < 4.78 is 5.04. The standard InChI is InChI=1S/C10H16N2O3S/c1-2-3-4-8-11-9(15-12-8)7-16-6-5-10(13)14/h2-7H2,1H3,(H,13,14). The minimum absolute atomic E-state index is 0.168. The van der Waals surface area contributed by atoms with Crippen molar-refractivity contribution in [1.29, 1.82) is 0 Å². The van der Waals surface area contributed by atoms with Crippen LogP contribution < -0.4 is 0 Å². The van der Waals surface area contributed by atoms with Gasteiger partial charge in [-0.15, -0.1) is 0 Å². The summed E-state index contributed by atoms with van der Waals surface area (Å²) in [6, 6.07) is 0. The van der Waals surface area contributed by atoms with Crippen molar-refractivity contribution in [1.82, 2.24) is 10.1 Å². The average molecular weight is 244 g/mol. The van der Waals surface area contributed by atoms with Gasteiger partial charge >= 0.3 is 5.97 Å². The lowest BCUT2D eigenvalue weighted by Crippen LogP contribution is -1.96. The van der Waals surface area contributed by atoms with E-state index >= 15 is 0 Å². The Hall–Kier alpha value is -1.04. The third-order valence-electron chi connectivity index (χ3n) is 1.95. The molecular weight excluding hydrogens is 228 g/mol. The van der Waals surface area contributed by atoms with Gasteiger partial charge in [-0.1, -0.05) is 18.5 Å². The molecule has 1 aromatic rings. The van der Waals surface area contributed by atoms with Gasteiger partial charge in [0.15, 0.2) is 5.82 Å². The molecule has 16 heavy (non-hydrogen) atoms. The van der Waals surface area contributed by atoms with E-state index in [1.54, 1.807) is 0 Å². The summed E-state index contributed by atoms with van der Waals surface area (Å²) in [5, 5.41) is 12.3. The first kappa shape index (κ1) is 13.0. The molecule has 0 aliphatic carbocycles. The first-order chi connectivity index (χ1) is 7.72. The molecular formula is C10H16N2O3S. The summed E-state index contributed by atoms with van der Waals surface area (Å²) in [5.41, 5.74) is 0. The van der Waals surface area contributed by atoms with Gasteiger partial charge in [0.05, 0.1) is 12.2 Å². The lowest BCUT2D eigenvalue weighted by atomic mass is 10.2. The number of carboxylic acids is 1. The van der Waals surface area contributed by atoms with Gasteiger partial charge in [-0.3, -0.25) is 4.79 Å². The van der Waals surface area contributed by atoms with Gasteiger partial charge in [0, 0.05) is 12.2 Å². The molecule has 5 nitrogen and oxygen atoms in total. The largest absolute Gasteiger partial charge is 0.481 e. The van der Waals surface area contributed by atoms with Crippen LogP contribution in [0.2, 0.25) is 0 Å². The molecule has 1 rings (SSSR count). The minimum atomic E-state index is -0.776. The van der Waals surface area contributed by atoms with Crippen LogP contribution in [0.25, 0.3) is 0 Å². The second kappa shape index (κ2) is 7.27. The Bertz CT molecular complexity index is 328. The van der Waals surface area contributed by atoms with Crippen LogP contribution in [0, 0.1) is 0 Å². The van der Waals surface area contributed by atoms with Gasteiger partial charge in [0.1, 0.15) is 0 Å². The summed E-state index contributed by atoms with van der Waals surface area (Å²) in [7, 11) is 0. The number of hydrogen-bond acceptors (Lipinski definition) is 5. The van der Waals surface area contributed by atoms with E-state index in [-0.39, 0.29) is 6.42 Å². The van der Waals surface area contributed by atoms with Crippen molar-refractivity contribution in [2.45, 2.75) is 38.4 Å². The van der Waals surface area contributed by atoms with Crippen LogP contribution in [-0.4, -0.2) is 27.0 Å². The van der Waals surface area contributed by atoms with Gasteiger partial charge in [0.25, 0.3) is 0 Å². The van der Waals surface area contributed by atoms with Crippen molar-refractivity contribution in [3.63, 3.8) is 0 Å². The highest BCUT2D eigenvalue weighted by atomic mass is 32.2. The van der Waals surface area contributed by atoms with Gasteiger partial charge in [-0.2, -0.15) is 16.7 Å². The van der Waals surface area contributed by atoms with Crippen LogP contribution in [0.3, 0.4) is 0 Å². The van der Waals surface area contributed by atoms with Crippen LogP contribution in [0.4, 0.5) is 0 Å². The van der Waals surface area contributed by atoms with E-state index in [1.807, 2.05) is 0 Å². The second-order valence-electron chi connectivity index (χ2n) is 3.40. The highest BCUT2D eigenvalue weighted by molar-refractivity contribution is 7.98. The number of hydrogen-bond donors (Lipinski definition) is 1. The van der Waals surface area contributed by atoms with Crippen molar-refractivity contribution in [2.24, 2.45) is 0 Å². The number of carbonyl (C=O) groups is 1. The predicted molar refractivity (Wildman–Crippen MR) is 61.3 cm³/mol. The molecule has 0 bridgehead atoms. The molecule has 0 aliphatic heterocycles. The zero-order chi connectivity index (χ0) is 11.8. The molecule has 90 valence electrons. The summed E-state index contributed by atoms with van der Waals surface area (Å²) in [5.74, 6) is 1.72. The van der Waals surface area contributed by atoms with Gasteiger partial charge < -0.3 is 9.63 Å². The van der Waals surface area contributed by atoms with E-state index in [4.69, 9.17) is 9.63 Å². The monoisotopic (exact) mass is 244 g/mol. The Morgan fingerprint density at radius 2 is 2.38 bits per heavy atom. The molecule has 1 heterocycles. The van der Waals surface area contributed by atoms with Crippen molar-refractivity contribution in [3.05, 3.63) is 11.7 Å². The zero-order valence-electron chi connectivity index (χ0n) is 9.31. The number of thioether (sulfide) groups is 1. The van der Waals surface area contributed by atoms with Crippen LogP contribution in [0.15, 0.2) is 4.52 Å². The predicted octanol–water partition coefficient (Wildman–Crippen LogP) is 2.12. The lowest BCUT2D eigenvalue weighted by molar-refractivity contribution is -0.136. The summed E-state index contributed by atoms with van der Waals surface area (Å²) >= 11 is 1.49. The number of rotatable bonds is 8. The number of aliphatic carboxylic acids is 1. The molecule has 1 N–H and O–H groups in total. The van der Waals surface area contributed by atoms with Crippen LogP contribution in [0.1, 0.15) is 37.9 Å². The highest BCUT2D eigenvalue weighted by Gasteiger charge is 2.06. The van der Waals surface area contributed by atoms with E-state index in [2.05, 4.69) is 17.1 Å². The number of aryl methyl sites for hydroxylation is 1. The van der Waals surface area contributed by atoms with E-state index in [9.17, 15) is 4.79 Å². The van der Waals surface area contributed by atoms with E-state index in [0.717, 1.165) is 25.1 Å². The van der Waals surface area contributed by atoms with Crippen molar-refractivity contribution >= 4 is 17.7 Å². The normalized spacial score (nSPS) is 10.6. The summed E-state index contributed by atoms with van der Waals surface area (Å²) in [6.45, 7) is 2.11. The van der Waals surface area contributed by atoms with Crippen molar-refractivity contribution < 1.29 is 14.4 Å². The quantitative estimate of drug-likeness (QED) is 0.706. The summed E-state index contributed by atoms with van der Waals surface area (Å²) in [4.78, 5) is 14.5. The molecule has 0 atom stereocenters. The molecule has 1 aromatic heterocycles. The fourth-order valence-corrected chi connectivity index (χ4v) is 1.86. The SMILES string of the molecule is CCCCc1noc(CSCCC(=O)O)n1. The minimum Gasteiger partial charge on any atom is -0.481 e. The fraction of sp³-hybridized carbons (Fsp3) is 0.700. The van der Waals surface area contributed by atoms with Crippen molar-refractivity contribution in [2.75, 3.05) is 5.75 Å². The van der Waals surface area contributed by atoms with Crippen LogP contribution in [0.5, 0.6) is 0 Å². The Morgan fingerprint density at radius 1 is 1.56 bits per heavy atom. The number of carboxylic acid groups (broad SMARTS) is 1. The van der Waals surface area contributed by atoms with Crippen LogP contribution in [-0.2, 0) is 17.0 Å². The molecule has 0 radical (unpaired) electrons. The van der Waals surface area contributed by atoms with Gasteiger partial charge in [0.2, 0.25) is 5.89 Å². The number of nitrogens with zero attached hydrogens (tertiary/aromatic N) is 2. The van der Waals surface area contributed by atoms with Gasteiger partial charge in [-0.05, 0) is 6.42 Å². The maximum absolute atomic E-state index is 10.3. The molecule has 0 aromatic carbocycles. The first-order valence-corrected chi connectivity index (χ1v) is 6.49. The molecule has 0 aliphatic rings. The third-order valence-corrected chi connectivity index (χ3v) is 2.89. The van der Waals surface area contributed by atoms with E-state index in [0.29, 0.717) is 17.4 Å². The molecule has 0 unspecified atom stereocenters.